The predicted molar refractivity (Wildman–Crippen MR) is 86.1 cm³/mol. The van der Waals surface area contributed by atoms with E-state index in [-0.39, 0.29) is 27.9 Å². The topological polar surface area (TPSA) is 150 Å². The summed E-state index contributed by atoms with van der Waals surface area (Å²) < 4.78 is 26.8. The zero-order valence-electron chi connectivity index (χ0n) is 12.3. The van der Waals surface area contributed by atoms with Crippen LogP contribution >= 0.6 is 0 Å². The van der Waals surface area contributed by atoms with Crippen molar-refractivity contribution in [2.45, 2.75) is 11.8 Å². The van der Waals surface area contributed by atoms with Crippen LogP contribution in [-0.4, -0.2) is 34.3 Å². The second-order valence-corrected chi connectivity index (χ2v) is 6.51. The molecule has 0 saturated carbocycles. The largest absolute Gasteiger partial charge is 0.339 e. The molecule has 0 aliphatic carbocycles. The van der Waals surface area contributed by atoms with E-state index in [1.807, 2.05) is 0 Å². The number of imidazole rings is 1. The second kappa shape index (κ2) is 5.77. The average molecular weight is 348 g/mol. The summed E-state index contributed by atoms with van der Waals surface area (Å²) in [4.78, 5) is 35.4. The van der Waals surface area contributed by atoms with Gasteiger partial charge in [-0.05, 0) is 24.3 Å². The minimum Gasteiger partial charge on any atom is -0.339 e. The van der Waals surface area contributed by atoms with E-state index in [0.29, 0.717) is 5.69 Å². The summed E-state index contributed by atoms with van der Waals surface area (Å²) >= 11 is 0. The summed E-state index contributed by atoms with van der Waals surface area (Å²) in [5.74, 6) is -0.511. The molecule has 10 nitrogen and oxygen atoms in total. The van der Waals surface area contributed by atoms with E-state index >= 15 is 0 Å². The zero-order valence-corrected chi connectivity index (χ0v) is 13.1. The molecule has 0 aliphatic rings. The van der Waals surface area contributed by atoms with Gasteiger partial charge in [0.15, 0.2) is 11.2 Å². The number of nitrogens with zero attached hydrogens (tertiary/aromatic N) is 2. The fourth-order valence-corrected chi connectivity index (χ4v) is 2.96. The third-order valence-corrected chi connectivity index (χ3v) is 4.37. The summed E-state index contributed by atoms with van der Waals surface area (Å²) in [5, 5.41) is 2.53. The number of rotatable bonds is 4. The number of aromatic amines is 2. The molecule has 0 aliphatic heterocycles. The van der Waals surface area contributed by atoms with Crippen LogP contribution in [0.25, 0.3) is 11.2 Å². The van der Waals surface area contributed by atoms with Gasteiger partial charge in [-0.3, -0.25) is 14.6 Å². The number of sulfonamides is 1. The maximum Gasteiger partial charge on any atom is 0.278 e. The number of benzene rings is 1. The van der Waals surface area contributed by atoms with Crippen LogP contribution in [-0.2, 0) is 14.8 Å². The number of hydrogen-bond acceptors (Lipinski definition) is 6. The maximum absolute atomic E-state index is 12.3. The summed E-state index contributed by atoms with van der Waals surface area (Å²) in [6.07, 6.45) is 1.28. The molecule has 0 atom stereocenters. The van der Waals surface area contributed by atoms with Crippen molar-refractivity contribution in [1.29, 1.82) is 0 Å². The van der Waals surface area contributed by atoms with Crippen LogP contribution in [0, 0.1) is 0 Å². The van der Waals surface area contributed by atoms with Crippen molar-refractivity contribution in [1.82, 2.24) is 19.9 Å². The van der Waals surface area contributed by atoms with Gasteiger partial charge in [-0.25, -0.2) is 18.1 Å². The zero-order chi connectivity index (χ0) is 17.3. The lowest BCUT2D eigenvalue weighted by atomic mass is 10.3. The molecule has 0 radical (unpaired) electrons. The standard InChI is InChI=1S/C13H12N6O4S/c1-7(20)16-8-2-4-9(5-3-8)24(22,23)19-13-17-11-10(12(21)18-13)14-6-15-11/h2-6H,1H3,(H,16,20)(H3,14,15,17,18,19,21). The maximum atomic E-state index is 12.3. The number of aromatic nitrogens is 4. The Hall–Kier alpha value is -3.21. The lowest BCUT2D eigenvalue weighted by Gasteiger charge is -2.08. The van der Waals surface area contributed by atoms with E-state index < -0.39 is 15.6 Å². The van der Waals surface area contributed by atoms with Crippen molar-refractivity contribution < 1.29 is 13.2 Å². The van der Waals surface area contributed by atoms with Gasteiger partial charge in [-0.1, -0.05) is 0 Å². The molecular weight excluding hydrogens is 336 g/mol. The van der Waals surface area contributed by atoms with Crippen LogP contribution in [0.2, 0.25) is 0 Å². The van der Waals surface area contributed by atoms with Gasteiger partial charge in [0.1, 0.15) is 0 Å². The molecule has 0 bridgehead atoms. The normalized spacial score (nSPS) is 11.4. The van der Waals surface area contributed by atoms with Crippen LogP contribution in [0.1, 0.15) is 6.92 Å². The first-order valence-electron chi connectivity index (χ1n) is 6.69. The van der Waals surface area contributed by atoms with Gasteiger partial charge in [-0.2, -0.15) is 4.98 Å². The molecular formula is C13H12N6O4S. The molecule has 3 aromatic rings. The van der Waals surface area contributed by atoms with Crippen LogP contribution in [0.3, 0.4) is 0 Å². The van der Waals surface area contributed by atoms with E-state index in [9.17, 15) is 18.0 Å². The van der Waals surface area contributed by atoms with Crippen LogP contribution in [0.4, 0.5) is 11.6 Å². The number of anilines is 2. The third kappa shape index (κ3) is 3.10. The number of carbonyl (C=O) groups is 1. The summed E-state index contributed by atoms with van der Waals surface area (Å²) in [7, 11) is -3.96. The minimum atomic E-state index is -3.96. The van der Waals surface area contributed by atoms with E-state index in [1.54, 1.807) is 0 Å². The first-order valence-corrected chi connectivity index (χ1v) is 8.17. The van der Waals surface area contributed by atoms with Crippen molar-refractivity contribution >= 4 is 38.7 Å². The highest BCUT2D eigenvalue weighted by molar-refractivity contribution is 7.92. The minimum absolute atomic E-state index is 0.0543. The number of amides is 1. The SMILES string of the molecule is CC(=O)Nc1ccc(S(=O)(=O)Nc2nc3nc[nH]c3c(=O)[nH]2)cc1. The Morgan fingerprint density at radius 1 is 1.21 bits per heavy atom. The summed E-state index contributed by atoms with van der Waals surface area (Å²) in [6.45, 7) is 1.35. The lowest BCUT2D eigenvalue weighted by Crippen LogP contribution is -2.19. The van der Waals surface area contributed by atoms with E-state index in [2.05, 4.69) is 30.0 Å². The van der Waals surface area contributed by atoms with Crippen molar-refractivity contribution in [3.63, 3.8) is 0 Å². The number of hydrogen-bond donors (Lipinski definition) is 4. The highest BCUT2D eigenvalue weighted by Gasteiger charge is 2.16. The Morgan fingerprint density at radius 2 is 1.92 bits per heavy atom. The van der Waals surface area contributed by atoms with Gasteiger partial charge in [-0.15, -0.1) is 0 Å². The Bertz CT molecular complexity index is 1070. The Balaban J connectivity index is 1.89. The second-order valence-electron chi connectivity index (χ2n) is 4.83. The van der Waals surface area contributed by atoms with Crippen LogP contribution < -0.4 is 15.6 Å². The fourth-order valence-electron chi connectivity index (χ4n) is 2.00. The number of carbonyl (C=O) groups excluding carboxylic acids is 1. The van der Waals surface area contributed by atoms with Gasteiger partial charge in [0.2, 0.25) is 11.9 Å². The van der Waals surface area contributed by atoms with E-state index in [1.165, 1.54) is 37.5 Å². The quantitative estimate of drug-likeness (QED) is 0.536. The van der Waals surface area contributed by atoms with Crippen molar-refractivity contribution in [2.75, 3.05) is 10.0 Å². The molecule has 2 heterocycles. The molecule has 0 unspecified atom stereocenters. The molecule has 0 fully saturated rings. The molecule has 2 aromatic heterocycles. The molecule has 11 heteroatoms. The Labute approximate surface area is 135 Å². The summed E-state index contributed by atoms with van der Waals surface area (Å²) in [6, 6.07) is 5.53. The fraction of sp³-hybridized carbons (Fsp3) is 0.0769. The first kappa shape index (κ1) is 15.7. The molecule has 0 spiro atoms. The Kier molecular flexibility index (Phi) is 3.77. The molecule has 1 aromatic carbocycles. The van der Waals surface area contributed by atoms with Gasteiger partial charge in [0, 0.05) is 12.6 Å². The van der Waals surface area contributed by atoms with Gasteiger partial charge >= 0.3 is 0 Å². The highest BCUT2D eigenvalue weighted by Crippen LogP contribution is 2.16. The van der Waals surface area contributed by atoms with Crippen LogP contribution in [0.15, 0.2) is 40.3 Å². The van der Waals surface area contributed by atoms with Gasteiger partial charge in [0.05, 0.1) is 11.2 Å². The monoisotopic (exact) mass is 348 g/mol. The van der Waals surface area contributed by atoms with Gasteiger partial charge < -0.3 is 10.3 Å². The van der Waals surface area contributed by atoms with Crippen LogP contribution in [0.5, 0.6) is 0 Å². The third-order valence-electron chi connectivity index (χ3n) is 3.01. The van der Waals surface area contributed by atoms with Crippen molar-refractivity contribution in [3.05, 3.63) is 40.9 Å². The molecule has 24 heavy (non-hydrogen) atoms. The lowest BCUT2D eigenvalue weighted by molar-refractivity contribution is -0.114. The van der Waals surface area contributed by atoms with Gasteiger partial charge in [0.25, 0.3) is 15.6 Å². The smallest absolute Gasteiger partial charge is 0.278 e. The predicted octanol–water partition coefficient (Wildman–Crippen LogP) is 0.405. The highest BCUT2D eigenvalue weighted by atomic mass is 32.2. The van der Waals surface area contributed by atoms with Crippen molar-refractivity contribution in [3.8, 4) is 0 Å². The molecule has 0 saturated heterocycles. The first-order chi connectivity index (χ1) is 11.3. The molecule has 124 valence electrons. The number of nitrogens with one attached hydrogen (secondary N) is 4. The van der Waals surface area contributed by atoms with Crippen molar-refractivity contribution in [2.24, 2.45) is 0 Å². The number of H-pyrrole nitrogens is 2. The molecule has 3 rings (SSSR count). The van der Waals surface area contributed by atoms with E-state index in [4.69, 9.17) is 0 Å². The average Bonchev–Trinajstić information content (AvgIpc) is 2.95. The Morgan fingerprint density at radius 3 is 2.58 bits per heavy atom. The molecule has 1 amide bonds. The summed E-state index contributed by atoms with van der Waals surface area (Å²) in [5.41, 5.74) is 0.164. The molecule has 4 N–H and O–H groups in total. The number of fused-ring (bicyclic) bond motifs is 1. The van der Waals surface area contributed by atoms with E-state index in [0.717, 1.165) is 0 Å².